The van der Waals surface area contributed by atoms with Crippen molar-refractivity contribution in [2.24, 2.45) is 0 Å². The van der Waals surface area contributed by atoms with E-state index in [1.165, 1.54) is 6.92 Å². The lowest BCUT2D eigenvalue weighted by Gasteiger charge is -2.29. The molecule has 0 bridgehead atoms. The maximum atomic E-state index is 11.8. The van der Waals surface area contributed by atoms with Crippen LogP contribution in [0.15, 0.2) is 0 Å². The first-order valence-electron chi connectivity index (χ1n) is 4.57. The third-order valence-electron chi connectivity index (χ3n) is 1.98. The molecule has 1 rings (SSSR count). The number of hydrogen-bond donors (Lipinski definition) is 2. The quantitative estimate of drug-likeness (QED) is 0.711. The summed E-state index contributed by atoms with van der Waals surface area (Å²) in [5.41, 5.74) is 0. The lowest BCUT2D eigenvalue weighted by atomic mass is 10.2. The molecule has 1 atom stereocenters. The molecule has 4 nitrogen and oxygen atoms in total. The normalized spacial score (nSPS) is 19.5. The van der Waals surface area contributed by atoms with Gasteiger partial charge in [0.05, 0.1) is 25.3 Å². The molecule has 0 saturated carbocycles. The number of carbonyl (C=O) groups excluding carboxylic acids is 1. The fourth-order valence-corrected chi connectivity index (χ4v) is 1.10. The summed E-state index contributed by atoms with van der Waals surface area (Å²) in [7, 11) is 0. The Kier molecular flexibility index (Phi) is 3.92. The molecule has 15 heavy (non-hydrogen) atoms. The van der Waals surface area contributed by atoms with E-state index in [1.807, 2.05) is 5.32 Å². The Morgan fingerprint density at radius 2 is 2.13 bits per heavy atom. The number of amides is 1. The molecule has 0 aliphatic carbocycles. The first-order valence-corrected chi connectivity index (χ1v) is 4.57. The summed E-state index contributed by atoms with van der Waals surface area (Å²) < 4.78 is 40.1. The van der Waals surface area contributed by atoms with E-state index in [-0.39, 0.29) is 6.04 Å². The van der Waals surface area contributed by atoms with Gasteiger partial charge in [-0.05, 0) is 6.92 Å². The summed E-state index contributed by atoms with van der Waals surface area (Å²) in [5.74, 6) is -0.653. The number of carbonyl (C=O) groups is 1. The second-order valence-electron chi connectivity index (χ2n) is 3.46. The maximum absolute atomic E-state index is 11.8. The monoisotopic (exact) mass is 226 g/mol. The molecular formula is C8H13F3N2O2. The smallest absolute Gasteiger partial charge is 0.378 e. The summed E-state index contributed by atoms with van der Waals surface area (Å²) >= 11 is 0. The van der Waals surface area contributed by atoms with Crippen molar-refractivity contribution in [2.75, 3.05) is 19.8 Å². The molecule has 88 valence electrons. The van der Waals surface area contributed by atoms with Crippen LogP contribution in [0, 0.1) is 0 Å². The highest BCUT2D eigenvalue weighted by molar-refractivity contribution is 5.81. The molecular weight excluding hydrogens is 213 g/mol. The standard InChI is InChI=1S/C8H13F3N2O2/c1-5(13-6-2-15-3-6)7(14)12-4-8(9,10)11/h5-6,13H,2-4H2,1H3,(H,12,14). The molecule has 0 radical (unpaired) electrons. The van der Waals surface area contributed by atoms with Gasteiger partial charge in [-0.15, -0.1) is 0 Å². The van der Waals surface area contributed by atoms with Crippen LogP contribution in [0.1, 0.15) is 6.92 Å². The van der Waals surface area contributed by atoms with E-state index in [1.54, 1.807) is 0 Å². The van der Waals surface area contributed by atoms with Crippen LogP contribution < -0.4 is 10.6 Å². The first kappa shape index (κ1) is 12.3. The fourth-order valence-electron chi connectivity index (χ4n) is 1.10. The van der Waals surface area contributed by atoms with E-state index in [2.05, 4.69) is 5.32 Å². The molecule has 0 aromatic heterocycles. The van der Waals surface area contributed by atoms with Crippen LogP contribution >= 0.6 is 0 Å². The van der Waals surface area contributed by atoms with Gasteiger partial charge in [0.15, 0.2) is 0 Å². The van der Waals surface area contributed by atoms with Gasteiger partial charge in [0.2, 0.25) is 5.91 Å². The van der Waals surface area contributed by atoms with Crippen LogP contribution in [0.3, 0.4) is 0 Å². The van der Waals surface area contributed by atoms with Gasteiger partial charge in [-0.2, -0.15) is 13.2 Å². The van der Waals surface area contributed by atoms with E-state index in [0.717, 1.165) is 0 Å². The zero-order valence-corrected chi connectivity index (χ0v) is 8.23. The SMILES string of the molecule is CC(NC1COC1)C(=O)NCC(F)(F)F. The number of nitrogens with one attached hydrogen (secondary N) is 2. The van der Waals surface area contributed by atoms with Crippen LogP contribution in [-0.4, -0.2) is 43.9 Å². The number of alkyl halides is 3. The molecule has 1 aliphatic rings. The fraction of sp³-hybridized carbons (Fsp3) is 0.875. The van der Waals surface area contributed by atoms with Crippen molar-refractivity contribution in [1.29, 1.82) is 0 Å². The van der Waals surface area contributed by atoms with Gasteiger partial charge < -0.3 is 10.1 Å². The first-order chi connectivity index (χ1) is 6.88. The molecule has 1 aliphatic heterocycles. The molecule has 1 unspecified atom stereocenters. The Hall–Kier alpha value is -0.820. The molecule has 1 saturated heterocycles. The van der Waals surface area contributed by atoms with Crippen molar-refractivity contribution in [3.8, 4) is 0 Å². The van der Waals surface area contributed by atoms with Gasteiger partial charge in [0, 0.05) is 0 Å². The van der Waals surface area contributed by atoms with E-state index < -0.39 is 24.7 Å². The largest absolute Gasteiger partial charge is 0.405 e. The van der Waals surface area contributed by atoms with E-state index in [9.17, 15) is 18.0 Å². The lowest BCUT2D eigenvalue weighted by Crippen LogP contribution is -2.54. The average Bonchev–Trinajstić information content (AvgIpc) is 2.05. The Bertz CT molecular complexity index is 228. The van der Waals surface area contributed by atoms with Crippen LogP contribution in [0.4, 0.5) is 13.2 Å². The van der Waals surface area contributed by atoms with Crippen molar-refractivity contribution in [2.45, 2.75) is 25.2 Å². The number of rotatable bonds is 4. The van der Waals surface area contributed by atoms with Crippen LogP contribution in [0.25, 0.3) is 0 Å². The summed E-state index contributed by atoms with van der Waals surface area (Å²) in [6.07, 6.45) is -4.37. The van der Waals surface area contributed by atoms with Crippen molar-refractivity contribution in [1.82, 2.24) is 10.6 Å². The topological polar surface area (TPSA) is 50.4 Å². The third kappa shape index (κ3) is 4.48. The third-order valence-corrected chi connectivity index (χ3v) is 1.98. The zero-order chi connectivity index (χ0) is 11.5. The van der Waals surface area contributed by atoms with Gasteiger partial charge in [-0.1, -0.05) is 0 Å². The molecule has 1 heterocycles. The molecule has 1 fully saturated rings. The minimum atomic E-state index is -4.37. The zero-order valence-electron chi connectivity index (χ0n) is 8.23. The minimum absolute atomic E-state index is 0.0663. The van der Waals surface area contributed by atoms with Gasteiger partial charge in [0.1, 0.15) is 6.54 Å². The second kappa shape index (κ2) is 4.80. The minimum Gasteiger partial charge on any atom is -0.378 e. The average molecular weight is 226 g/mol. The Balaban J connectivity index is 2.20. The van der Waals surface area contributed by atoms with Gasteiger partial charge >= 0.3 is 6.18 Å². The van der Waals surface area contributed by atoms with Gasteiger partial charge in [0.25, 0.3) is 0 Å². The highest BCUT2D eigenvalue weighted by atomic mass is 19.4. The van der Waals surface area contributed by atoms with E-state index in [4.69, 9.17) is 4.74 Å². The molecule has 1 amide bonds. The Morgan fingerprint density at radius 3 is 2.53 bits per heavy atom. The summed E-state index contributed by atoms with van der Waals surface area (Å²) in [4.78, 5) is 11.2. The van der Waals surface area contributed by atoms with Crippen molar-refractivity contribution >= 4 is 5.91 Å². The van der Waals surface area contributed by atoms with Crippen molar-refractivity contribution in [3.63, 3.8) is 0 Å². The summed E-state index contributed by atoms with van der Waals surface area (Å²) in [5, 5.41) is 4.66. The predicted octanol–water partition coefficient (Wildman–Crippen LogP) is 0.0418. The maximum Gasteiger partial charge on any atom is 0.405 e. The van der Waals surface area contributed by atoms with Gasteiger partial charge in [-0.25, -0.2) is 0 Å². The molecule has 2 N–H and O–H groups in total. The lowest BCUT2D eigenvalue weighted by molar-refractivity contribution is -0.140. The summed E-state index contributed by atoms with van der Waals surface area (Å²) in [6.45, 7) is 1.22. The van der Waals surface area contributed by atoms with Crippen LogP contribution in [-0.2, 0) is 9.53 Å². The highest BCUT2D eigenvalue weighted by Crippen LogP contribution is 2.12. The summed E-state index contributed by atoms with van der Waals surface area (Å²) in [6, 6.07) is -0.571. The van der Waals surface area contributed by atoms with E-state index >= 15 is 0 Å². The van der Waals surface area contributed by atoms with Gasteiger partial charge in [-0.3, -0.25) is 10.1 Å². The van der Waals surface area contributed by atoms with Crippen molar-refractivity contribution < 1.29 is 22.7 Å². The molecule has 0 aromatic rings. The van der Waals surface area contributed by atoms with Crippen molar-refractivity contribution in [3.05, 3.63) is 0 Å². The number of halogens is 3. The van der Waals surface area contributed by atoms with Crippen LogP contribution in [0.2, 0.25) is 0 Å². The predicted molar refractivity (Wildman–Crippen MR) is 46.3 cm³/mol. The van der Waals surface area contributed by atoms with E-state index in [0.29, 0.717) is 13.2 Å². The highest BCUT2D eigenvalue weighted by Gasteiger charge is 2.29. The number of hydrogen-bond acceptors (Lipinski definition) is 3. The Morgan fingerprint density at radius 1 is 1.53 bits per heavy atom. The molecule has 0 aromatic carbocycles. The van der Waals surface area contributed by atoms with Crippen LogP contribution in [0.5, 0.6) is 0 Å². The Labute approximate surface area is 85.2 Å². The second-order valence-corrected chi connectivity index (χ2v) is 3.46. The number of ether oxygens (including phenoxy) is 1. The molecule has 0 spiro atoms. The molecule has 7 heteroatoms.